The van der Waals surface area contributed by atoms with E-state index in [0.717, 1.165) is 18.4 Å². The highest BCUT2D eigenvalue weighted by atomic mass is 16.3. The monoisotopic (exact) mass is 384 g/mol. The van der Waals surface area contributed by atoms with Crippen molar-refractivity contribution in [3.63, 3.8) is 0 Å². The lowest BCUT2D eigenvalue weighted by atomic mass is 9.92. The van der Waals surface area contributed by atoms with Gasteiger partial charge in [-0.15, -0.1) is 0 Å². The zero-order valence-electron chi connectivity index (χ0n) is 16.9. The van der Waals surface area contributed by atoms with E-state index >= 15 is 0 Å². The molecule has 1 aliphatic rings. The summed E-state index contributed by atoms with van der Waals surface area (Å²) in [7, 11) is 0. The summed E-state index contributed by atoms with van der Waals surface area (Å²) < 4.78 is 1.86. The highest BCUT2D eigenvalue weighted by Crippen LogP contribution is 2.21. The second kappa shape index (κ2) is 9.34. The molecule has 152 valence electrons. The number of benzene rings is 1. The van der Waals surface area contributed by atoms with E-state index in [1.807, 2.05) is 35.0 Å². The van der Waals surface area contributed by atoms with Crippen molar-refractivity contribution in [3.8, 4) is 0 Å². The van der Waals surface area contributed by atoms with Gasteiger partial charge in [0.25, 0.3) is 5.91 Å². The maximum atomic E-state index is 12.5. The molecule has 1 fully saturated rings. The van der Waals surface area contributed by atoms with Crippen LogP contribution in [0.3, 0.4) is 0 Å². The fourth-order valence-electron chi connectivity index (χ4n) is 3.73. The minimum atomic E-state index is -0.506. The van der Waals surface area contributed by atoms with Gasteiger partial charge in [0.15, 0.2) is 0 Å². The minimum absolute atomic E-state index is 0.0139. The molecule has 1 aromatic carbocycles. The highest BCUT2D eigenvalue weighted by Gasteiger charge is 2.22. The molecule has 1 heterocycles. The first kappa shape index (κ1) is 20.6. The summed E-state index contributed by atoms with van der Waals surface area (Å²) in [5.41, 5.74) is 1.47. The summed E-state index contributed by atoms with van der Waals surface area (Å²) in [6.45, 7) is 5.13. The second-order valence-corrected chi connectivity index (χ2v) is 8.30. The van der Waals surface area contributed by atoms with Crippen LogP contribution in [0.25, 0.3) is 0 Å². The lowest BCUT2D eigenvalue weighted by molar-refractivity contribution is 0.0927. The number of carbonyl (C=O) groups is 1. The molecule has 0 saturated heterocycles. The largest absolute Gasteiger partial charge is 0.390 e. The number of hydrogen-bond acceptors (Lipinski definition) is 4. The number of aliphatic hydroxyl groups is 1. The number of aliphatic hydroxyl groups excluding tert-OH is 1. The summed E-state index contributed by atoms with van der Waals surface area (Å²) in [4.78, 5) is 16.5. The number of carbonyl (C=O) groups excluding carboxylic acids is 1. The van der Waals surface area contributed by atoms with Crippen LogP contribution in [0.2, 0.25) is 0 Å². The van der Waals surface area contributed by atoms with Crippen LogP contribution in [0.15, 0.2) is 43.0 Å². The molecule has 1 aliphatic carbocycles. The number of aromatic nitrogens is 2. The fraction of sp³-hybridized carbons (Fsp3) is 0.545. The van der Waals surface area contributed by atoms with Crippen LogP contribution >= 0.6 is 0 Å². The first-order chi connectivity index (χ1) is 13.4. The highest BCUT2D eigenvalue weighted by molar-refractivity contribution is 5.94. The van der Waals surface area contributed by atoms with E-state index in [0.29, 0.717) is 24.7 Å². The Morgan fingerprint density at radius 1 is 1.25 bits per heavy atom. The van der Waals surface area contributed by atoms with E-state index in [-0.39, 0.29) is 11.4 Å². The Hall–Kier alpha value is -2.18. The molecular formula is C22H32N4O2. The van der Waals surface area contributed by atoms with Crippen molar-refractivity contribution in [1.29, 1.82) is 0 Å². The number of imidazole rings is 1. The van der Waals surface area contributed by atoms with Gasteiger partial charge >= 0.3 is 0 Å². The molecule has 1 atom stereocenters. The minimum Gasteiger partial charge on any atom is -0.390 e. The molecule has 1 amide bonds. The van der Waals surface area contributed by atoms with Crippen LogP contribution in [0.1, 0.15) is 61.9 Å². The van der Waals surface area contributed by atoms with Crippen molar-refractivity contribution in [3.05, 3.63) is 54.1 Å². The van der Waals surface area contributed by atoms with Crippen LogP contribution in [0.5, 0.6) is 0 Å². The van der Waals surface area contributed by atoms with Crippen LogP contribution in [0.4, 0.5) is 0 Å². The average molecular weight is 385 g/mol. The van der Waals surface area contributed by atoms with Crippen molar-refractivity contribution in [1.82, 2.24) is 20.2 Å². The molecule has 6 heteroatoms. The van der Waals surface area contributed by atoms with Crippen LogP contribution in [-0.2, 0) is 12.1 Å². The van der Waals surface area contributed by atoms with Crippen molar-refractivity contribution in [2.45, 2.75) is 70.2 Å². The molecule has 3 rings (SSSR count). The zero-order valence-corrected chi connectivity index (χ0v) is 16.9. The van der Waals surface area contributed by atoms with Crippen molar-refractivity contribution < 1.29 is 9.90 Å². The Labute approximate surface area is 167 Å². The van der Waals surface area contributed by atoms with Gasteiger partial charge in [0.2, 0.25) is 0 Å². The quantitative estimate of drug-likeness (QED) is 0.654. The molecule has 0 spiro atoms. The maximum absolute atomic E-state index is 12.5. The van der Waals surface area contributed by atoms with Crippen molar-refractivity contribution in [2.75, 3.05) is 6.54 Å². The number of hydrogen-bond donors (Lipinski definition) is 3. The summed E-state index contributed by atoms with van der Waals surface area (Å²) in [5, 5.41) is 16.8. The van der Waals surface area contributed by atoms with Crippen molar-refractivity contribution >= 4 is 5.91 Å². The molecule has 0 radical (unpaired) electrons. The number of rotatable bonds is 8. The standard InChI is InChI=1S/C22H32N4O2/c1-22(2,24-14-20(27)15-26-13-12-23-16-26)18-10-8-17(9-11-18)21(28)25-19-6-4-3-5-7-19/h8-13,16,19-20,24,27H,3-7,14-15H2,1-2H3,(H,25,28). The van der Waals surface area contributed by atoms with Gasteiger partial charge in [-0.2, -0.15) is 0 Å². The molecule has 1 unspecified atom stereocenters. The number of nitrogens with one attached hydrogen (secondary N) is 2. The van der Waals surface area contributed by atoms with E-state index in [2.05, 4.69) is 29.5 Å². The van der Waals surface area contributed by atoms with E-state index < -0.39 is 6.10 Å². The van der Waals surface area contributed by atoms with Crippen molar-refractivity contribution in [2.24, 2.45) is 0 Å². The third kappa shape index (κ3) is 5.66. The van der Waals surface area contributed by atoms with Crippen LogP contribution in [0, 0.1) is 0 Å². The number of nitrogens with zero attached hydrogens (tertiary/aromatic N) is 2. The average Bonchev–Trinajstić information content (AvgIpc) is 3.20. The van der Waals surface area contributed by atoms with Gasteiger partial charge in [-0.25, -0.2) is 4.98 Å². The zero-order chi connectivity index (χ0) is 20.0. The summed E-state index contributed by atoms with van der Waals surface area (Å²) in [6, 6.07) is 8.07. The smallest absolute Gasteiger partial charge is 0.251 e. The van der Waals surface area contributed by atoms with Gasteiger partial charge in [-0.1, -0.05) is 31.4 Å². The molecule has 2 aromatic rings. The van der Waals surface area contributed by atoms with Gasteiger partial charge in [-0.05, 0) is 44.4 Å². The lowest BCUT2D eigenvalue weighted by Crippen LogP contribution is -2.42. The van der Waals surface area contributed by atoms with Gasteiger partial charge in [-0.3, -0.25) is 4.79 Å². The first-order valence-corrected chi connectivity index (χ1v) is 10.2. The Morgan fingerprint density at radius 2 is 1.96 bits per heavy atom. The number of amides is 1. The Balaban J connectivity index is 1.52. The normalized spacial score (nSPS) is 16.7. The Kier molecular flexibility index (Phi) is 6.86. The Bertz CT molecular complexity index is 734. The molecule has 3 N–H and O–H groups in total. The van der Waals surface area contributed by atoms with Gasteiger partial charge < -0.3 is 20.3 Å². The predicted octanol–water partition coefficient (Wildman–Crippen LogP) is 2.83. The third-order valence-corrected chi connectivity index (χ3v) is 5.57. The van der Waals surface area contributed by atoms with Gasteiger partial charge in [0.05, 0.1) is 19.0 Å². The molecule has 1 saturated carbocycles. The molecule has 1 aromatic heterocycles. The van der Waals surface area contributed by atoms with E-state index in [4.69, 9.17) is 0 Å². The predicted molar refractivity (Wildman–Crippen MR) is 110 cm³/mol. The Morgan fingerprint density at radius 3 is 2.61 bits per heavy atom. The molecule has 6 nitrogen and oxygen atoms in total. The molecular weight excluding hydrogens is 352 g/mol. The lowest BCUT2D eigenvalue weighted by Gasteiger charge is -2.29. The molecule has 28 heavy (non-hydrogen) atoms. The third-order valence-electron chi connectivity index (χ3n) is 5.57. The van der Waals surface area contributed by atoms with E-state index in [9.17, 15) is 9.90 Å². The van der Waals surface area contributed by atoms with E-state index in [1.54, 1.807) is 12.5 Å². The van der Waals surface area contributed by atoms with Crippen LogP contribution in [-0.4, -0.2) is 39.3 Å². The molecule has 0 aliphatic heterocycles. The first-order valence-electron chi connectivity index (χ1n) is 10.2. The summed E-state index contributed by atoms with van der Waals surface area (Å²) in [6.07, 6.45) is 10.6. The second-order valence-electron chi connectivity index (χ2n) is 8.30. The van der Waals surface area contributed by atoms with Gasteiger partial charge in [0.1, 0.15) is 0 Å². The van der Waals surface area contributed by atoms with Gasteiger partial charge in [0, 0.05) is 36.1 Å². The fourth-order valence-corrected chi connectivity index (χ4v) is 3.73. The SMILES string of the molecule is CC(C)(NCC(O)Cn1ccnc1)c1ccc(C(=O)NC2CCCCC2)cc1. The topological polar surface area (TPSA) is 79.2 Å². The summed E-state index contributed by atoms with van der Waals surface area (Å²) >= 11 is 0. The maximum Gasteiger partial charge on any atom is 0.251 e. The van der Waals surface area contributed by atoms with E-state index in [1.165, 1.54) is 19.3 Å². The molecule has 0 bridgehead atoms. The van der Waals surface area contributed by atoms with Crippen LogP contribution < -0.4 is 10.6 Å². The summed E-state index contributed by atoms with van der Waals surface area (Å²) in [5.74, 6) is 0.0139.